The van der Waals surface area contributed by atoms with Crippen molar-refractivity contribution in [2.45, 2.75) is 45.4 Å². The number of hydrogen-bond donors (Lipinski definition) is 2. The van der Waals surface area contributed by atoms with Gasteiger partial charge in [-0.25, -0.2) is 0 Å². The Hall–Kier alpha value is -1.91. The van der Waals surface area contributed by atoms with Gasteiger partial charge in [0.1, 0.15) is 5.82 Å². The molecular weight excluding hydrogens is 481 g/mol. The Morgan fingerprint density at radius 2 is 2.10 bits per heavy atom. The van der Waals surface area contributed by atoms with Crippen molar-refractivity contribution >= 4 is 41.5 Å². The maximum Gasteiger partial charge on any atom is 0.222 e. The smallest absolute Gasteiger partial charge is 0.222 e. The van der Waals surface area contributed by atoms with Crippen LogP contribution in [0.5, 0.6) is 0 Å². The molecule has 29 heavy (non-hydrogen) atoms. The molecule has 9 heteroatoms. The van der Waals surface area contributed by atoms with Crippen molar-refractivity contribution < 1.29 is 4.79 Å². The Balaban J connectivity index is 0.00000300. The van der Waals surface area contributed by atoms with Crippen LogP contribution in [0.25, 0.3) is 5.65 Å². The highest BCUT2D eigenvalue weighted by atomic mass is 127. The minimum absolute atomic E-state index is 0. The van der Waals surface area contributed by atoms with Gasteiger partial charge in [0.2, 0.25) is 5.91 Å². The third-order valence-electron chi connectivity index (χ3n) is 4.90. The van der Waals surface area contributed by atoms with E-state index in [2.05, 4.69) is 32.7 Å². The zero-order chi connectivity index (χ0) is 19.6. The first-order chi connectivity index (χ1) is 13.8. The highest BCUT2D eigenvalue weighted by Gasteiger charge is 2.15. The lowest BCUT2D eigenvalue weighted by molar-refractivity contribution is -0.130. The largest absolute Gasteiger partial charge is 0.357 e. The Morgan fingerprint density at radius 3 is 2.97 bits per heavy atom. The van der Waals surface area contributed by atoms with E-state index in [-0.39, 0.29) is 24.0 Å². The highest BCUT2D eigenvalue weighted by Crippen LogP contribution is 2.11. The van der Waals surface area contributed by atoms with Crippen molar-refractivity contribution in [1.29, 1.82) is 0 Å². The van der Waals surface area contributed by atoms with Crippen molar-refractivity contribution in [1.82, 2.24) is 30.1 Å². The van der Waals surface area contributed by atoms with Gasteiger partial charge in [-0.1, -0.05) is 12.5 Å². The van der Waals surface area contributed by atoms with Crippen LogP contribution >= 0.6 is 24.0 Å². The van der Waals surface area contributed by atoms with E-state index in [4.69, 9.17) is 0 Å². The van der Waals surface area contributed by atoms with E-state index in [0.717, 1.165) is 75.7 Å². The molecule has 0 radical (unpaired) electrons. The van der Waals surface area contributed by atoms with Gasteiger partial charge in [-0.3, -0.25) is 14.2 Å². The molecule has 0 aromatic carbocycles. The fraction of sp³-hybridized carbons (Fsp3) is 0.600. The fourth-order valence-electron chi connectivity index (χ4n) is 3.42. The molecule has 0 unspecified atom stereocenters. The first-order valence-corrected chi connectivity index (χ1v) is 10.4. The van der Waals surface area contributed by atoms with Crippen LogP contribution in [-0.4, -0.2) is 64.1 Å². The van der Waals surface area contributed by atoms with Crippen molar-refractivity contribution in [3.8, 4) is 0 Å². The highest BCUT2D eigenvalue weighted by molar-refractivity contribution is 14.0. The summed E-state index contributed by atoms with van der Waals surface area (Å²) in [6.45, 7) is 5.99. The summed E-state index contributed by atoms with van der Waals surface area (Å²) in [7, 11) is 0. The number of aromatic nitrogens is 3. The predicted molar refractivity (Wildman–Crippen MR) is 126 cm³/mol. The molecule has 2 aromatic rings. The van der Waals surface area contributed by atoms with E-state index >= 15 is 0 Å². The van der Waals surface area contributed by atoms with E-state index in [1.807, 2.05) is 33.7 Å². The SMILES string of the molecule is CCNC(=NCCCN1CCCCCC1=O)NCCc1nnc2ccccn12.I. The average molecular weight is 513 g/mol. The van der Waals surface area contributed by atoms with Gasteiger partial charge < -0.3 is 15.5 Å². The van der Waals surface area contributed by atoms with Gasteiger partial charge in [0.15, 0.2) is 11.6 Å². The summed E-state index contributed by atoms with van der Waals surface area (Å²) in [4.78, 5) is 18.7. The van der Waals surface area contributed by atoms with Gasteiger partial charge in [-0.05, 0) is 38.3 Å². The van der Waals surface area contributed by atoms with Crippen LogP contribution in [0.2, 0.25) is 0 Å². The Kier molecular flexibility index (Phi) is 10.2. The molecule has 1 aliphatic rings. The van der Waals surface area contributed by atoms with Gasteiger partial charge >= 0.3 is 0 Å². The molecule has 1 aliphatic heterocycles. The molecule has 0 spiro atoms. The van der Waals surface area contributed by atoms with Gasteiger partial charge in [-0.15, -0.1) is 34.2 Å². The number of rotatable bonds is 8. The number of aliphatic imine (C=N–C) groups is 1. The van der Waals surface area contributed by atoms with Crippen LogP contribution in [0.4, 0.5) is 0 Å². The summed E-state index contributed by atoms with van der Waals surface area (Å²) in [6, 6.07) is 5.89. The normalized spacial score (nSPS) is 15.1. The van der Waals surface area contributed by atoms with Crippen LogP contribution in [-0.2, 0) is 11.2 Å². The van der Waals surface area contributed by atoms with Gasteiger partial charge in [-0.2, -0.15) is 0 Å². The summed E-state index contributed by atoms with van der Waals surface area (Å²) in [5.74, 6) is 2.03. The Labute approximate surface area is 189 Å². The molecule has 3 heterocycles. The molecule has 3 rings (SSSR count). The van der Waals surface area contributed by atoms with E-state index in [9.17, 15) is 4.79 Å². The molecule has 0 atom stereocenters. The van der Waals surface area contributed by atoms with Crippen molar-refractivity contribution in [3.05, 3.63) is 30.2 Å². The van der Waals surface area contributed by atoms with E-state index < -0.39 is 0 Å². The average Bonchev–Trinajstić information content (AvgIpc) is 3.00. The molecule has 1 saturated heterocycles. The number of guanidine groups is 1. The quantitative estimate of drug-likeness (QED) is 0.245. The number of amides is 1. The maximum absolute atomic E-state index is 12.0. The summed E-state index contributed by atoms with van der Waals surface area (Å²) < 4.78 is 2.00. The van der Waals surface area contributed by atoms with Crippen molar-refractivity contribution in [2.75, 3.05) is 32.7 Å². The lowest BCUT2D eigenvalue weighted by Crippen LogP contribution is -2.38. The molecule has 2 aromatic heterocycles. The Morgan fingerprint density at radius 1 is 1.21 bits per heavy atom. The number of likely N-dealkylation sites (tertiary alicyclic amines) is 1. The minimum Gasteiger partial charge on any atom is -0.357 e. The number of halogens is 1. The second kappa shape index (κ2) is 12.6. The molecule has 1 fully saturated rings. The predicted octanol–water partition coefficient (Wildman–Crippen LogP) is 2.24. The molecule has 0 aliphatic carbocycles. The number of carbonyl (C=O) groups is 1. The first kappa shape index (κ1) is 23.4. The number of nitrogens with zero attached hydrogens (tertiary/aromatic N) is 5. The number of hydrogen-bond acceptors (Lipinski definition) is 4. The summed E-state index contributed by atoms with van der Waals surface area (Å²) in [6.07, 6.45) is 7.64. The third-order valence-corrected chi connectivity index (χ3v) is 4.90. The zero-order valence-electron chi connectivity index (χ0n) is 17.1. The molecular formula is C20H32IN7O. The van der Waals surface area contributed by atoms with Gasteiger partial charge in [0.25, 0.3) is 0 Å². The fourth-order valence-corrected chi connectivity index (χ4v) is 3.42. The summed E-state index contributed by atoms with van der Waals surface area (Å²) in [5.41, 5.74) is 0.862. The van der Waals surface area contributed by atoms with E-state index in [0.29, 0.717) is 18.9 Å². The monoisotopic (exact) mass is 513 g/mol. The Bertz CT molecular complexity index is 792. The summed E-state index contributed by atoms with van der Waals surface area (Å²) in [5, 5.41) is 15.1. The number of fused-ring (bicyclic) bond motifs is 1. The summed E-state index contributed by atoms with van der Waals surface area (Å²) >= 11 is 0. The van der Waals surface area contributed by atoms with Crippen LogP contribution in [0.1, 0.15) is 44.9 Å². The van der Waals surface area contributed by atoms with E-state index in [1.54, 1.807) is 0 Å². The van der Waals surface area contributed by atoms with E-state index in [1.165, 1.54) is 0 Å². The van der Waals surface area contributed by atoms with Crippen molar-refractivity contribution in [3.63, 3.8) is 0 Å². The number of pyridine rings is 1. The van der Waals surface area contributed by atoms with Crippen LogP contribution in [0.15, 0.2) is 29.4 Å². The molecule has 0 bridgehead atoms. The zero-order valence-corrected chi connectivity index (χ0v) is 19.5. The van der Waals surface area contributed by atoms with Gasteiger partial charge in [0.05, 0.1) is 0 Å². The van der Waals surface area contributed by atoms with Gasteiger partial charge in [0, 0.05) is 51.8 Å². The first-order valence-electron chi connectivity index (χ1n) is 10.4. The van der Waals surface area contributed by atoms with Crippen LogP contribution < -0.4 is 10.6 Å². The standard InChI is InChI=1S/C20H31N7O.HI/c1-2-21-20(22-12-8-15-26-14-6-3-4-10-19(26)28)23-13-11-18-25-24-17-9-5-7-16-27(17)18;/h5,7,9,16H,2-4,6,8,10-15H2,1H3,(H2,21,22,23);1H. The topological polar surface area (TPSA) is 86.9 Å². The molecule has 160 valence electrons. The molecule has 1 amide bonds. The third kappa shape index (κ3) is 7.13. The minimum atomic E-state index is 0. The number of nitrogens with one attached hydrogen (secondary N) is 2. The van der Waals surface area contributed by atoms with Crippen molar-refractivity contribution in [2.24, 2.45) is 4.99 Å². The van der Waals surface area contributed by atoms with Crippen LogP contribution in [0.3, 0.4) is 0 Å². The van der Waals surface area contributed by atoms with Crippen LogP contribution in [0, 0.1) is 0 Å². The lowest BCUT2D eigenvalue weighted by Gasteiger charge is -2.20. The molecule has 8 nitrogen and oxygen atoms in total. The maximum atomic E-state index is 12.0. The number of carbonyl (C=O) groups excluding carboxylic acids is 1. The molecule has 0 saturated carbocycles. The second-order valence-electron chi connectivity index (χ2n) is 7.03. The second-order valence-corrected chi connectivity index (χ2v) is 7.03. The molecule has 2 N–H and O–H groups in total. The lowest BCUT2D eigenvalue weighted by atomic mass is 10.2.